The predicted octanol–water partition coefficient (Wildman–Crippen LogP) is -0.0748. The monoisotopic (exact) mass is 145 g/mol. The fraction of sp³-hybridized carbons (Fsp3) is 0.500. The molecule has 4 heteroatoms. The van der Waals surface area contributed by atoms with Crippen LogP contribution in [-0.2, 0) is 19.1 Å². The molecule has 0 aromatic carbocycles. The number of carbonyl (C=O) groups is 2. The van der Waals surface area contributed by atoms with Crippen molar-refractivity contribution in [2.24, 2.45) is 0 Å². The lowest BCUT2D eigenvalue weighted by Crippen LogP contribution is -2.25. The Balaban J connectivity index is 3.76. The van der Waals surface area contributed by atoms with Crippen molar-refractivity contribution in [1.82, 2.24) is 0 Å². The van der Waals surface area contributed by atoms with Crippen LogP contribution in [0.1, 0.15) is 6.92 Å². The molecular formula is C6H9O4+. The van der Waals surface area contributed by atoms with Crippen LogP contribution in [0, 0.1) is 7.11 Å². The number of aldehydes is 1. The SMILES string of the molecule is [CH2+]OC(C=O)C(=O)OCC. The number of esters is 1. The summed E-state index contributed by atoms with van der Waals surface area (Å²) < 4.78 is 8.67. The van der Waals surface area contributed by atoms with Gasteiger partial charge in [-0.25, -0.2) is 4.79 Å². The molecule has 0 fully saturated rings. The van der Waals surface area contributed by atoms with Crippen LogP contribution in [0.15, 0.2) is 0 Å². The first-order valence-corrected chi connectivity index (χ1v) is 2.79. The van der Waals surface area contributed by atoms with Crippen LogP contribution in [0.4, 0.5) is 0 Å². The van der Waals surface area contributed by atoms with Gasteiger partial charge in [0.2, 0.25) is 7.11 Å². The molecule has 10 heavy (non-hydrogen) atoms. The summed E-state index contributed by atoms with van der Waals surface area (Å²) in [7, 11) is 2.93. The molecular weight excluding hydrogens is 136 g/mol. The summed E-state index contributed by atoms with van der Waals surface area (Å²) in [6.45, 7) is 1.87. The third-order valence-electron chi connectivity index (χ3n) is 0.822. The van der Waals surface area contributed by atoms with E-state index < -0.39 is 12.1 Å². The van der Waals surface area contributed by atoms with E-state index in [2.05, 4.69) is 16.6 Å². The highest BCUT2D eigenvalue weighted by Gasteiger charge is 2.20. The second kappa shape index (κ2) is 4.81. The molecule has 0 aliphatic heterocycles. The molecule has 0 N–H and O–H groups in total. The van der Waals surface area contributed by atoms with E-state index in [9.17, 15) is 9.59 Å². The van der Waals surface area contributed by atoms with Crippen LogP contribution in [-0.4, -0.2) is 25.0 Å². The molecule has 4 nitrogen and oxygen atoms in total. The van der Waals surface area contributed by atoms with E-state index in [4.69, 9.17) is 0 Å². The van der Waals surface area contributed by atoms with E-state index in [-0.39, 0.29) is 6.61 Å². The number of ether oxygens (including phenoxy) is 2. The van der Waals surface area contributed by atoms with Gasteiger partial charge in [0.05, 0.1) is 6.61 Å². The maximum absolute atomic E-state index is 10.6. The van der Waals surface area contributed by atoms with Crippen molar-refractivity contribution in [3.05, 3.63) is 7.11 Å². The van der Waals surface area contributed by atoms with Crippen molar-refractivity contribution >= 4 is 12.3 Å². The minimum atomic E-state index is -1.18. The first-order valence-electron chi connectivity index (χ1n) is 2.79. The third-order valence-corrected chi connectivity index (χ3v) is 0.822. The fourth-order valence-electron chi connectivity index (χ4n) is 0.387. The van der Waals surface area contributed by atoms with Crippen molar-refractivity contribution in [2.75, 3.05) is 6.61 Å². The molecule has 56 valence electrons. The Morgan fingerprint density at radius 1 is 1.80 bits per heavy atom. The molecule has 0 rings (SSSR count). The van der Waals surface area contributed by atoms with Gasteiger partial charge in [0.15, 0.2) is 6.29 Å². The highest BCUT2D eigenvalue weighted by Crippen LogP contribution is 1.90. The molecule has 0 spiro atoms. The molecule has 0 aliphatic carbocycles. The third kappa shape index (κ3) is 2.50. The Labute approximate surface area is 59.1 Å². The first kappa shape index (κ1) is 8.97. The van der Waals surface area contributed by atoms with Crippen molar-refractivity contribution in [3.8, 4) is 0 Å². The molecule has 0 aromatic rings. The topological polar surface area (TPSA) is 52.6 Å². The van der Waals surface area contributed by atoms with Crippen molar-refractivity contribution < 1.29 is 19.1 Å². The van der Waals surface area contributed by atoms with Crippen LogP contribution in [0.2, 0.25) is 0 Å². The normalized spacial score (nSPS) is 12.1. The van der Waals surface area contributed by atoms with Gasteiger partial charge >= 0.3 is 5.97 Å². The van der Waals surface area contributed by atoms with E-state index >= 15 is 0 Å². The summed E-state index contributed by atoms with van der Waals surface area (Å²) in [6.07, 6.45) is -0.842. The van der Waals surface area contributed by atoms with Gasteiger partial charge in [0.1, 0.15) is 0 Å². The average molecular weight is 145 g/mol. The molecule has 1 unspecified atom stereocenters. The summed E-state index contributed by atoms with van der Waals surface area (Å²) in [5.74, 6) is -0.701. The average Bonchev–Trinajstić information content (AvgIpc) is 1.91. The second-order valence-corrected chi connectivity index (χ2v) is 1.48. The minimum Gasteiger partial charge on any atom is -0.464 e. The quantitative estimate of drug-likeness (QED) is 0.240. The number of hydrogen-bond acceptors (Lipinski definition) is 4. The Morgan fingerprint density at radius 2 is 2.40 bits per heavy atom. The van der Waals surface area contributed by atoms with Gasteiger partial charge in [0, 0.05) is 0 Å². The van der Waals surface area contributed by atoms with Gasteiger partial charge in [-0.2, -0.15) is 4.74 Å². The van der Waals surface area contributed by atoms with Crippen molar-refractivity contribution in [2.45, 2.75) is 13.0 Å². The van der Waals surface area contributed by atoms with Gasteiger partial charge in [-0.1, -0.05) is 0 Å². The smallest absolute Gasteiger partial charge is 0.348 e. The largest absolute Gasteiger partial charge is 0.464 e. The zero-order chi connectivity index (χ0) is 7.98. The van der Waals surface area contributed by atoms with Crippen LogP contribution in [0.3, 0.4) is 0 Å². The zero-order valence-corrected chi connectivity index (χ0v) is 5.70. The van der Waals surface area contributed by atoms with Crippen LogP contribution in [0.5, 0.6) is 0 Å². The lowest BCUT2D eigenvalue weighted by atomic mass is 10.4. The zero-order valence-electron chi connectivity index (χ0n) is 5.70. The molecule has 0 heterocycles. The number of carbonyl (C=O) groups excluding carboxylic acids is 2. The molecule has 0 saturated heterocycles. The van der Waals surface area contributed by atoms with Crippen LogP contribution in [0.25, 0.3) is 0 Å². The molecule has 0 aliphatic rings. The van der Waals surface area contributed by atoms with E-state index in [1.165, 1.54) is 0 Å². The molecule has 1 atom stereocenters. The van der Waals surface area contributed by atoms with E-state index in [0.717, 1.165) is 0 Å². The number of rotatable bonds is 4. The first-order chi connectivity index (χ1) is 4.76. The molecule has 0 amide bonds. The molecule has 0 bridgehead atoms. The predicted molar refractivity (Wildman–Crippen MR) is 32.9 cm³/mol. The van der Waals surface area contributed by atoms with Gasteiger partial charge in [0.25, 0.3) is 6.10 Å². The summed E-state index contributed by atoms with van der Waals surface area (Å²) in [5.41, 5.74) is 0. The maximum atomic E-state index is 10.6. The molecule has 0 aromatic heterocycles. The molecule has 0 saturated carbocycles. The Bertz CT molecular complexity index is 121. The van der Waals surface area contributed by atoms with Crippen LogP contribution < -0.4 is 0 Å². The molecule has 0 radical (unpaired) electrons. The Kier molecular flexibility index (Phi) is 4.32. The lowest BCUT2D eigenvalue weighted by molar-refractivity contribution is -0.154. The highest BCUT2D eigenvalue weighted by atomic mass is 16.6. The minimum absolute atomic E-state index is 0.229. The van der Waals surface area contributed by atoms with E-state index in [0.29, 0.717) is 6.29 Å². The number of hydrogen-bond donors (Lipinski definition) is 0. The second-order valence-electron chi connectivity index (χ2n) is 1.48. The van der Waals surface area contributed by atoms with Crippen molar-refractivity contribution in [1.29, 1.82) is 0 Å². The summed E-state index contributed by atoms with van der Waals surface area (Å²) in [6, 6.07) is 0. The Morgan fingerprint density at radius 3 is 2.70 bits per heavy atom. The van der Waals surface area contributed by atoms with Crippen LogP contribution >= 0.6 is 0 Å². The fourth-order valence-corrected chi connectivity index (χ4v) is 0.387. The van der Waals surface area contributed by atoms with Gasteiger partial charge in [-0.05, 0) is 6.92 Å². The Hall–Kier alpha value is -1.03. The summed E-state index contributed by atoms with van der Waals surface area (Å²) >= 11 is 0. The van der Waals surface area contributed by atoms with Gasteiger partial charge in [-0.3, -0.25) is 4.79 Å². The van der Waals surface area contributed by atoms with Crippen molar-refractivity contribution in [3.63, 3.8) is 0 Å². The summed E-state index contributed by atoms with van der Waals surface area (Å²) in [4.78, 5) is 20.6. The highest BCUT2D eigenvalue weighted by molar-refractivity contribution is 5.90. The summed E-state index contributed by atoms with van der Waals surface area (Å²) in [5, 5.41) is 0. The van der Waals surface area contributed by atoms with Gasteiger partial charge in [-0.15, -0.1) is 0 Å². The van der Waals surface area contributed by atoms with Gasteiger partial charge < -0.3 is 4.74 Å². The van der Waals surface area contributed by atoms with E-state index in [1.807, 2.05) is 0 Å². The standard InChI is InChI=1S/C6H9O4/c1-3-10-6(8)5(4-7)9-2/h4-5H,2-3H2,1H3/q+1. The lowest BCUT2D eigenvalue weighted by Gasteiger charge is -2.01. The van der Waals surface area contributed by atoms with E-state index in [1.54, 1.807) is 6.92 Å². The maximum Gasteiger partial charge on any atom is 0.348 e.